The van der Waals surface area contributed by atoms with E-state index in [0.29, 0.717) is 35.3 Å². The lowest BCUT2D eigenvalue weighted by atomic mass is 10.1. The summed E-state index contributed by atoms with van der Waals surface area (Å²) in [7, 11) is 1.59. The van der Waals surface area contributed by atoms with E-state index in [4.69, 9.17) is 13.9 Å². The molecular formula is C21H20N2O4. The number of aryl methyl sites for hydroxylation is 1. The van der Waals surface area contributed by atoms with Crippen LogP contribution >= 0.6 is 0 Å². The molecule has 1 aliphatic rings. The second-order valence-electron chi connectivity index (χ2n) is 6.48. The molecule has 0 fully saturated rings. The van der Waals surface area contributed by atoms with Crippen molar-refractivity contribution in [2.45, 2.75) is 20.0 Å². The van der Waals surface area contributed by atoms with E-state index in [2.05, 4.69) is 4.98 Å². The number of anilines is 1. The molecule has 3 aromatic rings. The van der Waals surface area contributed by atoms with Gasteiger partial charge in [-0.25, -0.2) is 4.98 Å². The number of nitrogens with zero attached hydrogens (tertiary/aromatic N) is 2. The van der Waals surface area contributed by atoms with Crippen LogP contribution < -0.4 is 14.4 Å². The molecule has 0 aliphatic carbocycles. The molecule has 2 heterocycles. The minimum atomic E-state index is -0.244. The van der Waals surface area contributed by atoms with Crippen molar-refractivity contribution in [3.05, 3.63) is 60.0 Å². The number of benzene rings is 2. The smallest absolute Gasteiger partial charge is 0.296 e. The molecule has 27 heavy (non-hydrogen) atoms. The van der Waals surface area contributed by atoms with Gasteiger partial charge in [-0.3, -0.25) is 9.69 Å². The van der Waals surface area contributed by atoms with E-state index in [1.807, 2.05) is 49.4 Å². The first-order valence-electron chi connectivity index (χ1n) is 8.76. The Kier molecular flexibility index (Phi) is 4.32. The quantitative estimate of drug-likeness (QED) is 0.700. The van der Waals surface area contributed by atoms with Crippen LogP contribution in [0.4, 0.5) is 5.69 Å². The maximum atomic E-state index is 13.3. The summed E-state index contributed by atoms with van der Waals surface area (Å²) in [5, 5.41) is 0. The fourth-order valence-corrected chi connectivity index (χ4v) is 3.16. The Morgan fingerprint density at radius 2 is 2.00 bits per heavy atom. The van der Waals surface area contributed by atoms with Gasteiger partial charge in [0.05, 0.1) is 25.0 Å². The monoisotopic (exact) mass is 364 g/mol. The highest BCUT2D eigenvalue weighted by molar-refractivity contribution is 6.06. The standard InChI is InChI=1S/C21H20N2O4/c1-13-12-23(17-11-16(25-3)9-10-18(17)26-13)21(24)19-14(2)22-20(27-19)15-7-5-4-6-8-15/h4-11,13H,12H2,1-3H3/t13-/m0/s1. The Balaban J connectivity index is 1.73. The summed E-state index contributed by atoms with van der Waals surface area (Å²) < 4.78 is 17.0. The summed E-state index contributed by atoms with van der Waals surface area (Å²) in [6.45, 7) is 4.12. The molecule has 1 atom stereocenters. The van der Waals surface area contributed by atoms with Crippen molar-refractivity contribution in [1.29, 1.82) is 0 Å². The van der Waals surface area contributed by atoms with E-state index in [1.165, 1.54) is 0 Å². The minimum absolute atomic E-state index is 0.133. The molecule has 6 nitrogen and oxygen atoms in total. The van der Waals surface area contributed by atoms with Crippen LogP contribution in [0.15, 0.2) is 52.9 Å². The van der Waals surface area contributed by atoms with Crippen LogP contribution in [0, 0.1) is 6.92 Å². The van der Waals surface area contributed by atoms with Crippen LogP contribution in [0.25, 0.3) is 11.5 Å². The van der Waals surface area contributed by atoms with Gasteiger partial charge in [0.1, 0.15) is 17.6 Å². The van der Waals surface area contributed by atoms with Crippen LogP contribution in [0.1, 0.15) is 23.2 Å². The normalized spacial score (nSPS) is 15.8. The van der Waals surface area contributed by atoms with Gasteiger partial charge in [0.15, 0.2) is 0 Å². The number of amides is 1. The Morgan fingerprint density at radius 3 is 2.74 bits per heavy atom. The SMILES string of the molecule is COc1ccc2c(c1)N(C(=O)c1oc(-c3ccccc3)nc1C)C[C@H](C)O2. The molecule has 0 bridgehead atoms. The van der Waals surface area contributed by atoms with Gasteiger partial charge in [0.2, 0.25) is 11.7 Å². The maximum Gasteiger partial charge on any atom is 0.296 e. The third-order valence-electron chi connectivity index (χ3n) is 4.48. The molecule has 2 aromatic carbocycles. The number of oxazole rings is 1. The van der Waals surface area contributed by atoms with E-state index in [9.17, 15) is 4.79 Å². The Morgan fingerprint density at radius 1 is 1.22 bits per heavy atom. The number of hydrogen-bond acceptors (Lipinski definition) is 5. The van der Waals surface area contributed by atoms with Crippen molar-refractivity contribution in [2.24, 2.45) is 0 Å². The molecule has 0 N–H and O–H groups in total. The number of carbonyl (C=O) groups is 1. The fraction of sp³-hybridized carbons (Fsp3) is 0.238. The fourth-order valence-electron chi connectivity index (χ4n) is 3.16. The molecule has 4 rings (SSSR count). The lowest BCUT2D eigenvalue weighted by Crippen LogP contribution is -2.42. The molecule has 6 heteroatoms. The molecule has 0 spiro atoms. The Labute approximate surface area is 157 Å². The predicted molar refractivity (Wildman–Crippen MR) is 101 cm³/mol. The van der Waals surface area contributed by atoms with E-state index in [1.54, 1.807) is 25.0 Å². The van der Waals surface area contributed by atoms with Crippen LogP contribution in [0.5, 0.6) is 11.5 Å². The Bertz CT molecular complexity index is 981. The van der Waals surface area contributed by atoms with E-state index in [-0.39, 0.29) is 17.8 Å². The van der Waals surface area contributed by atoms with Crippen LogP contribution in [-0.4, -0.2) is 30.6 Å². The van der Waals surface area contributed by atoms with E-state index in [0.717, 1.165) is 5.56 Å². The van der Waals surface area contributed by atoms with Crippen molar-refractivity contribution in [1.82, 2.24) is 4.98 Å². The lowest BCUT2D eigenvalue weighted by molar-refractivity contribution is 0.0934. The van der Waals surface area contributed by atoms with Crippen molar-refractivity contribution in [3.63, 3.8) is 0 Å². The zero-order chi connectivity index (χ0) is 19.0. The lowest BCUT2D eigenvalue weighted by Gasteiger charge is -2.33. The van der Waals surface area contributed by atoms with Crippen LogP contribution in [0.2, 0.25) is 0 Å². The molecule has 138 valence electrons. The largest absolute Gasteiger partial charge is 0.497 e. The zero-order valence-corrected chi connectivity index (χ0v) is 15.4. The zero-order valence-electron chi connectivity index (χ0n) is 15.4. The summed E-state index contributed by atoms with van der Waals surface area (Å²) >= 11 is 0. The predicted octanol–water partition coefficient (Wildman–Crippen LogP) is 4.09. The van der Waals surface area contributed by atoms with Gasteiger partial charge in [0, 0.05) is 11.6 Å². The van der Waals surface area contributed by atoms with Gasteiger partial charge >= 0.3 is 0 Å². The topological polar surface area (TPSA) is 64.8 Å². The number of aromatic nitrogens is 1. The molecule has 0 saturated heterocycles. The van der Waals surface area contributed by atoms with Gasteiger partial charge in [-0.1, -0.05) is 18.2 Å². The van der Waals surface area contributed by atoms with Gasteiger partial charge in [-0.05, 0) is 38.1 Å². The number of ether oxygens (including phenoxy) is 2. The summed E-state index contributed by atoms with van der Waals surface area (Å²) in [4.78, 5) is 19.4. The van der Waals surface area contributed by atoms with E-state index < -0.39 is 0 Å². The van der Waals surface area contributed by atoms with Crippen molar-refractivity contribution in [2.75, 3.05) is 18.6 Å². The number of fused-ring (bicyclic) bond motifs is 1. The van der Waals surface area contributed by atoms with Gasteiger partial charge in [-0.2, -0.15) is 0 Å². The van der Waals surface area contributed by atoms with E-state index >= 15 is 0 Å². The summed E-state index contributed by atoms with van der Waals surface area (Å²) in [5.74, 6) is 1.72. The average Bonchev–Trinajstić information content (AvgIpc) is 3.09. The van der Waals surface area contributed by atoms with Gasteiger partial charge in [0.25, 0.3) is 5.91 Å². The first-order valence-corrected chi connectivity index (χ1v) is 8.76. The van der Waals surface area contributed by atoms with Crippen molar-refractivity contribution >= 4 is 11.6 Å². The van der Waals surface area contributed by atoms with Crippen LogP contribution in [0.3, 0.4) is 0 Å². The van der Waals surface area contributed by atoms with Gasteiger partial charge in [-0.15, -0.1) is 0 Å². The molecule has 1 aliphatic heterocycles. The molecule has 0 unspecified atom stereocenters. The number of carbonyl (C=O) groups excluding carboxylic acids is 1. The number of rotatable bonds is 3. The highest BCUT2D eigenvalue weighted by Gasteiger charge is 2.32. The molecular weight excluding hydrogens is 344 g/mol. The van der Waals surface area contributed by atoms with Gasteiger partial charge < -0.3 is 13.9 Å². The summed E-state index contributed by atoms with van der Waals surface area (Å²) in [6.07, 6.45) is -0.133. The Hall–Kier alpha value is -3.28. The maximum absolute atomic E-state index is 13.3. The first-order chi connectivity index (χ1) is 13.1. The number of methoxy groups -OCH3 is 1. The first kappa shape index (κ1) is 17.1. The highest BCUT2D eigenvalue weighted by Crippen LogP contribution is 2.37. The third kappa shape index (κ3) is 3.14. The minimum Gasteiger partial charge on any atom is -0.497 e. The van der Waals surface area contributed by atoms with Crippen LogP contribution in [-0.2, 0) is 0 Å². The van der Waals surface area contributed by atoms with Crippen molar-refractivity contribution < 1.29 is 18.7 Å². The average molecular weight is 364 g/mol. The molecule has 1 aromatic heterocycles. The summed E-state index contributed by atoms with van der Waals surface area (Å²) in [6, 6.07) is 14.9. The van der Waals surface area contributed by atoms with Crippen molar-refractivity contribution in [3.8, 4) is 23.0 Å². The second-order valence-corrected chi connectivity index (χ2v) is 6.48. The molecule has 1 amide bonds. The highest BCUT2D eigenvalue weighted by atomic mass is 16.5. The third-order valence-corrected chi connectivity index (χ3v) is 4.48. The molecule has 0 saturated carbocycles. The second kappa shape index (κ2) is 6.79. The summed E-state index contributed by atoms with van der Waals surface area (Å²) in [5.41, 5.74) is 2.05. The number of hydrogen-bond donors (Lipinski definition) is 0. The molecule has 0 radical (unpaired) electrons.